The smallest absolute Gasteiger partial charge is 0.143 e. The Morgan fingerprint density at radius 3 is 2.29 bits per heavy atom. The summed E-state index contributed by atoms with van der Waals surface area (Å²) in [6, 6.07) is 4.36. The molecule has 92 valence electrons. The van der Waals surface area contributed by atoms with E-state index in [2.05, 4.69) is 48.8 Å². The second-order valence-corrected chi connectivity index (χ2v) is 7.11. The summed E-state index contributed by atoms with van der Waals surface area (Å²) in [4.78, 5) is 12.3. The van der Waals surface area contributed by atoms with Gasteiger partial charge in [0.15, 0.2) is 0 Å². The molecule has 0 aromatic heterocycles. The molecule has 17 heavy (non-hydrogen) atoms. The van der Waals surface area contributed by atoms with Gasteiger partial charge in [0.05, 0.1) is 0 Å². The van der Waals surface area contributed by atoms with Gasteiger partial charge in [-0.05, 0) is 48.9 Å². The molecule has 2 rings (SSSR count). The van der Waals surface area contributed by atoms with Gasteiger partial charge >= 0.3 is 0 Å². The molecule has 0 N–H and O–H groups in total. The molecule has 0 spiro atoms. The van der Waals surface area contributed by atoms with Crippen LogP contribution in [0.2, 0.25) is 0 Å². The van der Waals surface area contributed by atoms with Gasteiger partial charge in [0.1, 0.15) is 5.78 Å². The predicted octanol–water partition coefficient (Wildman–Crippen LogP) is 4.29. The molecule has 0 amide bonds. The molecule has 0 radical (unpaired) electrons. The number of fused-ring (bicyclic) bond motifs is 1. The van der Waals surface area contributed by atoms with Crippen molar-refractivity contribution in [2.24, 2.45) is 0 Å². The zero-order valence-corrected chi connectivity index (χ0v) is 12.7. The molecule has 0 saturated heterocycles. The SMILES string of the molecule is Cc1cc2c(cc1Br)C(C)(C)C(=O)CC2(C)C. The van der Waals surface area contributed by atoms with E-state index in [0.717, 1.165) is 4.47 Å². The monoisotopic (exact) mass is 294 g/mol. The standard InChI is InChI=1S/C15H19BrO/c1-9-6-10-11(7-12(9)16)15(4,5)13(17)8-14(10,2)3/h6-7H,8H2,1-5H3. The van der Waals surface area contributed by atoms with E-state index in [1.165, 1.54) is 16.7 Å². The molecule has 1 aromatic carbocycles. The van der Waals surface area contributed by atoms with E-state index in [4.69, 9.17) is 0 Å². The van der Waals surface area contributed by atoms with Crippen molar-refractivity contribution in [2.45, 2.75) is 51.9 Å². The lowest BCUT2D eigenvalue weighted by Crippen LogP contribution is -2.42. The third kappa shape index (κ3) is 1.87. The van der Waals surface area contributed by atoms with Crippen LogP contribution in [0.1, 0.15) is 50.8 Å². The topological polar surface area (TPSA) is 17.1 Å². The minimum atomic E-state index is -0.360. The van der Waals surface area contributed by atoms with Gasteiger partial charge in [-0.25, -0.2) is 0 Å². The molecule has 0 unspecified atom stereocenters. The van der Waals surface area contributed by atoms with E-state index in [0.29, 0.717) is 12.2 Å². The van der Waals surface area contributed by atoms with Gasteiger partial charge in [0.25, 0.3) is 0 Å². The minimum absolute atomic E-state index is 0.0482. The van der Waals surface area contributed by atoms with Crippen LogP contribution in [0.15, 0.2) is 16.6 Å². The Morgan fingerprint density at radius 2 is 1.71 bits per heavy atom. The first-order valence-electron chi connectivity index (χ1n) is 6.00. The summed E-state index contributed by atoms with van der Waals surface area (Å²) in [5, 5.41) is 0. The maximum Gasteiger partial charge on any atom is 0.143 e. The summed E-state index contributed by atoms with van der Waals surface area (Å²) in [6.07, 6.45) is 0.633. The van der Waals surface area contributed by atoms with Crippen LogP contribution >= 0.6 is 15.9 Å². The van der Waals surface area contributed by atoms with Crippen molar-refractivity contribution >= 4 is 21.7 Å². The Bertz CT molecular complexity index is 498. The van der Waals surface area contributed by atoms with E-state index >= 15 is 0 Å². The third-order valence-electron chi connectivity index (χ3n) is 4.00. The van der Waals surface area contributed by atoms with Crippen molar-refractivity contribution in [3.05, 3.63) is 33.3 Å². The summed E-state index contributed by atoms with van der Waals surface area (Å²) in [5.41, 5.74) is 3.33. The molecule has 2 heteroatoms. The molecule has 1 aliphatic rings. The first-order valence-corrected chi connectivity index (χ1v) is 6.80. The summed E-state index contributed by atoms with van der Waals surface area (Å²) < 4.78 is 1.09. The second kappa shape index (κ2) is 3.68. The number of ketones is 1. The molecular formula is C15H19BrO. The lowest BCUT2D eigenvalue weighted by molar-refractivity contribution is -0.125. The quantitative estimate of drug-likeness (QED) is 0.698. The van der Waals surface area contributed by atoms with Gasteiger partial charge < -0.3 is 0 Å². The molecule has 1 nitrogen and oxygen atoms in total. The fourth-order valence-electron chi connectivity index (χ4n) is 2.63. The molecular weight excluding hydrogens is 276 g/mol. The first kappa shape index (κ1) is 12.8. The van der Waals surface area contributed by atoms with E-state index in [9.17, 15) is 4.79 Å². The van der Waals surface area contributed by atoms with Crippen molar-refractivity contribution < 1.29 is 4.79 Å². The number of hydrogen-bond acceptors (Lipinski definition) is 1. The Morgan fingerprint density at radius 1 is 1.12 bits per heavy atom. The van der Waals surface area contributed by atoms with Crippen LogP contribution in [0.4, 0.5) is 0 Å². The number of carbonyl (C=O) groups excluding carboxylic acids is 1. The molecule has 0 heterocycles. The molecule has 1 aromatic rings. The Balaban J connectivity index is 2.77. The maximum atomic E-state index is 12.3. The largest absolute Gasteiger partial charge is 0.299 e. The van der Waals surface area contributed by atoms with Crippen LogP contribution in [-0.4, -0.2) is 5.78 Å². The lowest BCUT2D eigenvalue weighted by atomic mass is 9.62. The normalized spacial score (nSPS) is 21.2. The molecule has 0 saturated carbocycles. The fourth-order valence-corrected chi connectivity index (χ4v) is 2.97. The maximum absolute atomic E-state index is 12.3. The highest BCUT2D eigenvalue weighted by Crippen LogP contribution is 2.45. The summed E-state index contributed by atoms with van der Waals surface area (Å²) >= 11 is 3.57. The number of benzene rings is 1. The molecule has 0 bridgehead atoms. The van der Waals surface area contributed by atoms with Crippen molar-refractivity contribution in [3.8, 4) is 0 Å². The zero-order valence-electron chi connectivity index (χ0n) is 11.1. The third-order valence-corrected chi connectivity index (χ3v) is 4.86. The molecule has 0 atom stereocenters. The number of hydrogen-bond donors (Lipinski definition) is 0. The average Bonchev–Trinajstić information content (AvgIpc) is 2.18. The zero-order chi connectivity index (χ0) is 13.0. The summed E-state index contributed by atoms with van der Waals surface area (Å²) in [7, 11) is 0. The summed E-state index contributed by atoms with van der Waals surface area (Å²) in [6.45, 7) is 10.5. The lowest BCUT2D eigenvalue weighted by Gasteiger charge is -2.40. The van der Waals surface area contributed by atoms with Crippen LogP contribution in [-0.2, 0) is 15.6 Å². The highest BCUT2D eigenvalue weighted by atomic mass is 79.9. The highest BCUT2D eigenvalue weighted by molar-refractivity contribution is 9.10. The number of Topliss-reactive ketones (excluding diaryl/α,β-unsaturated/α-hetero) is 1. The Hall–Kier alpha value is -0.630. The van der Waals surface area contributed by atoms with Crippen LogP contribution in [0.25, 0.3) is 0 Å². The Kier molecular flexibility index (Phi) is 2.77. The number of aryl methyl sites for hydroxylation is 1. The second-order valence-electron chi connectivity index (χ2n) is 6.26. The van der Waals surface area contributed by atoms with Gasteiger partial charge in [-0.3, -0.25) is 4.79 Å². The van der Waals surface area contributed by atoms with Gasteiger partial charge in [-0.1, -0.05) is 35.8 Å². The number of rotatable bonds is 0. The van der Waals surface area contributed by atoms with E-state index in [1.807, 2.05) is 13.8 Å². The van der Waals surface area contributed by atoms with E-state index < -0.39 is 0 Å². The van der Waals surface area contributed by atoms with Gasteiger partial charge in [0.2, 0.25) is 0 Å². The summed E-state index contributed by atoms with van der Waals surface area (Å²) in [5.74, 6) is 0.339. The first-order chi connectivity index (χ1) is 7.66. The van der Waals surface area contributed by atoms with Gasteiger partial charge in [-0.15, -0.1) is 0 Å². The van der Waals surface area contributed by atoms with Crippen LogP contribution in [0.5, 0.6) is 0 Å². The van der Waals surface area contributed by atoms with Crippen LogP contribution < -0.4 is 0 Å². The number of halogens is 1. The van der Waals surface area contributed by atoms with Crippen LogP contribution in [0.3, 0.4) is 0 Å². The van der Waals surface area contributed by atoms with Crippen molar-refractivity contribution in [1.82, 2.24) is 0 Å². The average molecular weight is 295 g/mol. The van der Waals surface area contributed by atoms with Crippen molar-refractivity contribution in [2.75, 3.05) is 0 Å². The Labute approximate surface area is 112 Å². The van der Waals surface area contributed by atoms with Crippen molar-refractivity contribution in [3.63, 3.8) is 0 Å². The predicted molar refractivity (Wildman–Crippen MR) is 74.6 cm³/mol. The minimum Gasteiger partial charge on any atom is -0.299 e. The van der Waals surface area contributed by atoms with Crippen molar-refractivity contribution in [1.29, 1.82) is 0 Å². The molecule has 1 aliphatic carbocycles. The highest BCUT2D eigenvalue weighted by Gasteiger charge is 2.43. The molecule has 0 fully saturated rings. The van der Waals surface area contributed by atoms with Gasteiger partial charge in [0, 0.05) is 16.3 Å². The fraction of sp³-hybridized carbons (Fsp3) is 0.533. The van der Waals surface area contributed by atoms with Gasteiger partial charge in [-0.2, -0.15) is 0 Å². The van der Waals surface area contributed by atoms with E-state index in [1.54, 1.807) is 0 Å². The molecule has 0 aliphatic heterocycles. The number of carbonyl (C=O) groups is 1. The van der Waals surface area contributed by atoms with E-state index in [-0.39, 0.29) is 10.8 Å². The van der Waals surface area contributed by atoms with Crippen LogP contribution in [0, 0.1) is 6.92 Å².